The van der Waals surface area contributed by atoms with Gasteiger partial charge in [0.1, 0.15) is 0 Å². The van der Waals surface area contributed by atoms with E-state index in [1.165, 1.54) is 12.3 Å². The first-order chi connectivity index (χ1) is 5.24. The van der Waals surface area contributed by atoms with Crippen LogP contribution in [0.25, 0.3) is 0 Å². The molecule has 1 aromatic heterocycles. The summed E-state index contributed by atoms with van der Waals surface area (Å²) < 4.78 is 0. The van der Waals surface area contributed by atoms with E-state index in [2.05, 4.69) is 10.1 Å². The van der Waals surface area contributed by atoms with Crippen LogP contribution in [0.3, 0.4) is 0 Å². The lowest BCUT2D eigenvalue weighted by Gasteiger charge is -1.78. The average Bonchev–Trinajstić information content (AvgIpc) is 2.37. The standard InChI is InChI=1S/C5H5N3O3/c9-7-2-4-1-5(3-6-4)8(10)11/h1-3,6,9H/b7-2+. The van der Waals surface area contributed by atoms with Gasteiger partial charge in [-0.1, -0.05) is 5.16 Å². The maximum atomic E-state index is 10.1. The first-order valence-electron chi connectivity index (χ1n) is 2.74. The van der Waals surface area contributed by atoms with Gasteiger partial charge in [-0.2, -0.15) is 0 Å². The van der Waals surface area contributed by atoms with Crippen LogP contribution in [0.5, 0.6) is 0 Å². The van der Waals surface area contributed by atoms with Gasteiger partial charge in [-0.05, 0) is 0 Å². The minimum atomic E-state index is -0.536. The molecule has 11 heavy (non-hydrogen) atoms. The van der Waals surface area contributed by atoms with Crippen LogP contribution in [0.1, 0.15) is 5.69 Å². The van der Waals surface area contributed by atoms with Gasteiger partial charge in [-0.25, -0.2) is 0 Å². The van der Waals surface area contributed by atoms with Crippen LogP contribution in [-0.4, -0.2) is 21.3 Å². The van der Waals surface area contributed by atoms with Crippen LogP contribution in [-0.2, 0) is 0 Å². The maximum absolute atomic E-state index is 10.1. The number of aromatic amines is 1. The summed E-state index contributed by atoms with van der Waals surface area (Å²) in [5, 5.41) is 20.8. The molecular weight excluding hydrogens is 150 g/mol. The predicted molar refractivity (Wildman–Crippen MR) is 36.8 cm³/mol. The highest BCUT2D eigenvalue weighted by atomic mass is 16.6. The Kier molecular flexibility index (Phi) is 1.86. The van der Waals surface area contributed by atoms with Gasteiger partial charge in [0.05, 0.1) is 23.0 Å². The molecule has 1 aromatic rings. The van der Waals surface area contributed by atoms with Crippen molar-refractivity contribution in [1.29, 1.82) is 0 Å². The van der Waals surface area contributed by atoms with Crippen LogP contribution in [0.15, 0.2) is 17.4 Å². The molecule has 0 bridgehead atoms. The summed E-state index contributed by atoms with van der Waals surface area (Å²) in [7, 11) is 0. The van der Waals surface area contributed by atoms with Crippen molar-refractivity contribution < 1.29 is 10.1 Å². The molecule has 1 heterocycles. The number of H-pyrrole nitrogens is 1. The SMILES string of the molecule is O=[N+]([O-])c1c[nH]c(/C=N/O)c1. The third-order valence-electron chi connectivity index (χ3n) is 1.10. The summed E-state index contributed by atoms with van der Waals surface area (Å²) in [6, 6.07) is 1.26. The molecule has 0 spiro atoms. The van der Waals surface area contributed by atoms with E-state index >= 15 is 0 Å². The molecule has 0 atom stereocenters. The molecule has 0 aliphatic rings. The van der Waals surface area contributed by atoms with E-state index in [9.17, 15) is 10.1 Å². The molecule has 58 valence electrons. The van der Waals surface area contributed by atoms with E-state index in [-0.39, 0.29) is 5.69 Å². The third-order valence-corrected chi connectivity index (χ3v) is 1.10. The monoisotopic (exact) mass is 155 g/mol. The van der Waals surface area contributed by atoms with E-state index in [1.54, 1.807) is 0 Å². The van der Waals surface area contributed by atoms with E-state index in [4.69, 9.17) is 5.21 Å². The normalized spacial score (nSPS) is 10.5. The van der Waals surface area contributed by atoms with Crippen LogP contribution >= 0.6 is 0 Å². The highest BCUT2D eigenvalue weighted by Crippen LogP contribution is 2.09. The molecular formula is C5H5N3O3. The second-order valence-corrected chi connectivity index (χ2v) is 1.81. The molecule has 1 rings (SSSR count). The lowest BCUT2D eigenvalue weighted by molar-refractivity contribution is -0.384. The van der Waals surface area contributed by atoms with Crippen molar-refractivity contribution in [2.24, 2.45) is 5.16 Å². The van der Waals surface area contributed by atoms with E-state index in [0.29, 0.717) is 5.69 Å². The van der Waals surface area contributed by atoms with Gasteiger partial charge in [-0.3, -0.25) is 10.1 Å². The number of hydrogen-bond acceptors (Lipinski definition) is 4. The van der Waals surface area contributed by atoms with Gasteiger partial charge in [0.15, 0.2) is 0 Å². The van der Waals surface area contributed by atoms with Gasteiger partial charge in [-0.15, -0.1) is 0 Å². The van der Waals surface area contributed by atoms with Gasteiger partial charge < -0.3 is 10.2 Å². The van der Waals surface area contributed by atoms with Crippen molar-refractivity contribution in [2.75, 3.05) is 0 Å². The number of nitrogens with zero attached hydrogens (tertiary/aromatic N) is 2. The minimum absolute atomic E-state index is 0.0556. The summed E-state index contributed by atoms with van der Waals surface area (Å²) in [5.74, 6) is 0. The van der Waals surface area contributed by atoms with Crippen LogP contribution in [0, 0.1) is 10.1 Å². The Labute approximate surface area is 61.3 Å². The molecule has 0 unspecified atom stereocenters. The number of rotatable bonds is 2. The van der Waals surface area contributed by atoms with Crippen molar-refractivity contribution in [2.45, 2.75) is 0 Å². The second kappa shape index (κ2) is 2.82. The van der Waals surface area contributed by atoms with Gasteiger partial charge >= 0.3 is 0 Å². The lowest BCUT2D eigenvalue weighted by atomic mass is 10.4. The van der Waals surface area contributed by atoms with Crippen molar-refractivity contribution >= 4 is 11.9 Å². The molecule has 0 fully saturated rings. The summed E-state index contributed by atoms with van der Waals surface area (Å²) in [6.45, 7) is 0. The first-order valence-corrected chi connectivity index (χ1v) is 2.74. The van der Waals surface area contributed by atoms with Crippen LogP contribution in [0.2, 0.25) is 0 Å². The second-order valence-electron chi connectivity index (χ2n) is 1.81. The van der Waals surface area contributed by atoms with Crippen molar-refractivity contribution in [3.63, 3.8) is 0 Å². The summed E-state index contributed by atoms with van der Waals surface area (Å²) in [6.07, 6.45) is 2.30. The molecule has 0 aliphatic heterocycles. The number of hydrogen-bond donors (Lipinski definition) is 2. The molecule has 0 aliphatic carbocycles. The fraction of sp³-hybridized carbons (Fsp3) is 0. The average molecular weight is 155 g/mol. The highest BCUT2D eigenvalue weighted by molar-refractivity contribution is 5.77. The maximum Gasteiger partial charge on any atom is 0.287 e. The Balaban J connectivity index is 2.90. The number of aromatic nitrogens is 1. The Bertz CT molecular complexity index is 291. The first kappa shape index (κ1) is 7.26. The lowest BCUT2D eigenvalue weighted by Crippen LogP contribution is -1.83. The highest BCUT2D eigenvalue weighted by Gasteiger charge is 2.06. The van der Waals surface area contributed by atoms with E-state index in [1.807, 2.05) is 0 Å². The molecule has 6 heteroatoms. The molecule has 0 saturated carbocycles. The Morgan fingerprint density at radius 2 is 2.55 bits per heavy atom. The van der Waals surface area contributed by atoms with E-state index < -0.39 is 4.92 Å². The quantitative estimate of drug-likeness (QED) is 0.285. The Morgan fingerprint density at radius 1 is 1.82 bits per heavy atom. The van der Waals surface area contributed by atoms with Gasteiger partial charge in [0, 0.05) is 6.07 Å². The number of nitrogens with one attached hydrogen (secondary N) is 1. The molecule has 0 amide bonds. The van der Waals surface area contributed by atoms with Gasteiger partial charge in [0.25, 0.3) is 5.69 Å². The van der Waals surface area contributed by atoms with Crippen LogP contribution < -0.4 is 0 Å². The molecule has 2 N–H and O–H groups in total. The fourth-order valence-electron chi connectivity index (χ4n) is 0.642. The van der Waals surface area contributed by atoms with E-state index in [0.717, 1.165) is 6.21 Å². The summed E-state index contributed by atoms with van der Waals surface area (Å²) in [4.78, 5) is 12.1. The zero-order valence-corrected chi connectivity index (χ0v) is 5.39. The van der Waals surface area contributed by atoms with Crippen molar-refractivity contribution in [3.05, 3.63) is 28.1 Å². The predicted octanol–water partition coefficient (Wildman–Crippen LogP) is 0.731. The summed E-state index contributed by atoms with van der Waals surface area (Å²) in [5.41, 5.74) is 0.333. The molecule has 6 nitrogen and oxygen atoms in total. The van der Waals surface area contributed by atoms with Crippen molar-refractivity contribution in [1.82, 2.24) is 4.98 Å². The zero-order valence-electron chi connectivity index (χ0n) is 5.39. The smallest absolute Gasteiger partial charge is 0.287 e. The van der Waals surface area contributed by atoms with Gasteiger partial charge in [0.2, 0.25) is 0 Å². The van der Waals surface area contributed by atoms with Crippen LogP contribution in [0.4, 0.5) is 5.69 Å². The molecule has 0 aromatic carbocycles. The zero-order chi connectivity index (χ0) is 8.27. The third kappa shape index (κ3) is 1.54. The topological polar surface area (TPSA) is 91.5 Å². The summed E-state index contributed by atoms with van der Waals surface area (Å²) >= 11 is 0. The Morgan fingerprint density at radius 3 is 3.00 bits per heavy atom. The fourth-order valence-corrected chi connectivity index (χ4v) is 0.642. The number of oxime groups is 1. The Hall–Kier alpha value is -1.85. The largest absolute Gasteiger partial charge is 0.411 e. The number of nitro groups is 1. The molecule has 0 saturated heterocycles. The van der Waals surface area contributed by atoms with Crippen molar-refractivity contribution in [3.8, 4) is 0 Å². The molecule has 0 radical (unpaired) electrons. The minimum Gasteiger partial charge on any atom is -0.411 e.